The highest BCUT2D eigenvalue weighted by molar-refractivity contribution is 5.94. The summed E-state index contributed by atoms with van der Waals surface area (Å²) < 4.78 is 5.01. The number of carboxylic acids is 1. The minimum atomic E-state index is -1.07. The first-order chi connectivity index (χ1) is 10.2. The minimum Gasteiger partial charge on any atom is -0.496 e. The van der Waals surface area contributed by atoms with Crippen molar-refractivity contribution in [2.75, 3.05) is 7.11 Å². The standard InChI is InChI=1S/C17H13NO3/c1-21-16-8-7-12(10-15(16)17(19)20)9-14(11-18)13-5-3-2-4-6-13/h2-10H,1H3,(H,19,20). The van der Waals surface area contributed by atoms with E-state index in [0.717, 1.165) is 5.56 Å². The van der Waals surface area contributed by atoms with Crippen LogP contribution in [0.3, 0.4) is 0 Å². The number of carbonyl (C=O) groups is 1. The monoisotopic (exact) mass is 279 g/mol. The van der Waals surface area contributed by atoms with Gasteiger partial charge in [0.15, 0.2) is 0 Å². The van der Waals surface area contributed by atoms with Crippen LogP contribution in [0.2, 0.25) is 0 Å². The van der Waals surface area contributed by atoms with Crippen LogP contribution in [0.1, 0.15) is 21.5 Å². The Balaban J connectivity index is 2.47. The number of nitriles is 1. The summed E-state index contributed by atoms with van der Waals surface area (Å²) in [4.78, 5) is 11.2. The molecule has 0 spiro atoms. The third-order valence-corrected chi connectivity index (χ3v) is 2.97. The van der Waals surface area contributed by atoms with Crippen LogP contribution in [0.15, 0.2) is 48.5 Å². The van der Waals surface area contributed by atoms with Crippen molar-refractivity contribution in [3.05, 3.63) is 65.2 Å². The Kier molecular flexibility index (Phi) is 4.37. The maximum Gasteiger partial charge on any atom is 0.339 e. The van der Waals surface area contributed by atoms with E-state index in [2.05, 4.69) is 6.07 Å². The molecule has 104 valence electrons. The molecule has 0 radical (unpaired) electrons. The Hall–Kier alpha value is -3.06. The van der Waals surface area contributed by atoms with E-state index in [0.29, 0.717) is 11.1 Å². The van der Waals surface area contributed by atoms with E-state index in [4.69, 9.17) is 9.84 Å². The predicted molar refractivity (Wildman–Crippen MR) is 79.9 cm³/mol. The molecule has 0 aliphatic heterocycles. The van der Waals surface area contributed by atoms with Gasteiger partial charge in [0.25, 0.3) is 0 Å². The van der Waals surface area contributed by atoms with E-state index in [1.54, 1.807) is 18.2 Å². The van der Waals surface area contributed by atoms with Crippen LogP contribution in [0.5, 0.6) is 5.75 Å². The molecular weight excluding hydrogens is 266 g/mol. The normalized spacial score (nSPS) is 10.8. The summed E-state index contributed by atoms with van der Waals surface area (Å²) in [5.74, 6) is -0.779. The number of methoxy groups -OCH3 is 1. The molecule has 0 fully saturated rings. The topological polar surface area (TPSA) is 70.3 Å². The van der Waals surface area contributed by atoms with Gasteiger partial charge in [-0.1, -0.05) is 36.4 Å². The number of ether oxygens (including phenoxy) is 1. The molecule has 2 aromatic rings. The zero-order chi connectivity index (χ0) is 15.2. The van der Waals surface area contributed by atoms with Crippen molar-refractivity contribution in [1.29, 1.82) is 5.26 Å². The Morgan fingerprint density at radius 1 is 1.24 bits per heavy atom. The van der Waals surface area contributed by atoms with Gasteiger partial charge in [0.2, 0.25) is 0 Å². The fourth-order valence-corrected chi connectivity index (χ4v) is 1.95. The molecule has 0 aliphatic carbocycles. The van der Waals surface area contributed by atoms with Crippen molar-refractivity contribution >= 4 is 17.6 Å². The maximum atomic E-state index is 11.2. The summed E-state index contributed by atoms with van der Waals surface area (Å²) >= 11 is 0. The highest BCUT2D eigenvalue weighted by atomic mass is 16.5. The van der Waals surface area contributed by atoms with Gasteiger partial charge in [0.1, 0.15) is 11.3 Å². The van der Waals surface area contributed by atoms with Gasteiger partial charge in [-0.05, 0) is 29.3 Å². The summed E-state index contributed by atoms with van der Waals surface area (Å²) in [7, 11) is 1.42. The summed E-state index contributed by atoms with van der Waals surface area (Å²) in [5.41, 5.74) is 1.95. The lowest BCUT2D eigenvalue weighted by Gasteiger charge is -2.06. The largest absolute Gasteiger partial charge is 0.496 e. The lowest BCUT2D eigenvalue weighted by molar-refractivity contribution is 0.0693. The first-order valence-corrected chi connectivity index (χ1v) is 6.24. The SMILES string of the molecule is COc1ccc(C=C(C#N)c2ccccc2)cc1C(=O)O. The van der Waals surface area contributed by atoms with E-state index in [1.807, 2.05) is 30.3 Å². The highest BCUT2D eigenvalue weighted by Crippen LogP contribution is 2.23. The molecule has 0 aliphatic rings. The summed E-state index contributed by atoms with van der Waals surface area (Å²) in [5, 5.41) is 18.4. The molecule has 4 nitrogen and oxygen atoms in total. The number of benzene rings is 2. The van der Waals surface area contributed by atoms with Crippen molar-refractivity contribution < 1.29 is 14.6 Å². The van der Waals surface area contributed by atoms with Crippen molar-refractivity contribution in [2.45, 2.75) is 0 Å². The zero-order valence-electron chi connectivity index (χ0n) is 11.4. The molecule has 2 rings (SSSR count). The molecule has 1 N–H and O–H groups in total. The highest BCUT2D eigenvalue weighted by Gasteiger charge is 2.11. The van der Waals surface area contributed by atoms with E-state index in [1.165, 1.54) is 13.2 Å². The first-order valence-electron chi connectivity index (χ1n) is 6.24. The molecule has 0 unspecified atom stereocenters. The number of carboxylic acid groups (broad SMARTS) is 1. The third-order valence-electron chi connectivity index (χ3n) is 2.97. The van der Waals surface area contributed by atoms with Crippen molar-refractivity contribution in [3.8, 4) is 11.8 Å². The second-order valence-corrected chi connectivity index (χ2v) is 4.30. The molecule has 0 saturated carbocycles. The van der Waals surface area contributed by atoms with Gasteiger partial charge >= 0.3 is 5.97 Å². The molecule has 4 heteroatoms. The van der Waals surface area contributed by atoms with Crippen LogP contribution in [-0.4, -0.2) is 18.2 Å². The zero-order valence-corrected chi connectivity index (χ0v) is 11.4. The summed E-state index contributed by atoms with van der Waals surface area (Å²) in [6, 6.07) is 16.1. The van der Waals surface area contributed by atoms with Crippen LogP contribution in [0, 0.1) is 11.3 Å². The van der Waals surface area contributed by atoms with Gasteiger partial charge in [-0.3, -0.25) is 0 Å². The van der Waals surface area contributed by atoms with Gasteiger partial charge in [-0.15, -0.1) is 0 Å². The second kappa shape index (κ2) is 6.40. The van der Waals surface area contributed by atoms with Crippen LogP contribution in [0.4, 0.5) is 0 Å². The van der Waals surface area contributed by atoms with Crippen LogP contribution in [-0.2, 0) is 0 Å². The van der Waals surface area contributed by atoms with Crippen LogP contribution >= 0.6 is 0 Å². The molecule has 0 saturated heterocycles. The predicted octanol–water partition coefficient (Wildman–Crippen LogP) is 3.46. The van der Waals surface area contributed by atoms with Gasteiger partial charge < -0.3 is 9.84 Å². The average molecular weight is 279 g/mol. The summed E-state index contributed by atoms with van der Waals surface area (Å²) in [6.07, 6.45) is 1.65. The Bertz CT molecular complexity index is 727. The quantitative estimate of drug-likeness (QED) is 0.687. The minimum absolute atomic E-state index is 0.0663. The molecule has 0 heterocycles. The molecule has 0 amide bonds. The van der Waals surface area contributed by atoms with Gasteiger partial charge in [-0.25, -0.2) is 4.79 Å². The maximum absolute atomic E-state index is 11.2. The van der Waals surface area contributed by atoms with Gasteiger partial charge in [-0.2, -0.15) is 5.26 Å². The van der Waals surface area contributed by atoms with Crippen LogP contribution < -0.4 is 4.74 Å². The van der Waals surface area contributed by atoms with Crippen LogP contribution in [0.25, 0.3) is 11.6 Å². The molecule has 2 aromatic carbocycles. The molecule has 21 heavy (non-hydrogen) atoms. The number of nitrogens with zero attached hydrogens (tertiary/aromatic N) is 1. The third kappa shape index (κ3) is 3.28. The first kappa shape index (κ1) is 14.4. The van der Waals surface area contributed by atoms with E-state index >= 15 is 0 Å². The molecule has 0 atom stereocenters. The Morgan fingerprint density at radius 3 is 2.52 bits per heavy atom. The van der Waals surface area contributed by atoms with E-state index in [9.17, 15) is 10.1 Å². The fraction of sp³-hybridized carbons (Fsp3) is 0.0588. The van der Waals surface area contributed by atoms with Crippen molar-refractivity contribution in [1.82, 2.24) is 0 Å². The number of aromatic carboxylic acids is 1. The lowest BCUT2D eigenvalue weighted by atomic mass is 10.0. The molecule has 0 bridgehead atoms. The Labute approximate surface area is 122 Å². The second-order valence-electron chi connectivity index (χ2n) is 4.30. The van der Waals surface area contributed by atoms with Crippen molar-refractivity contribution in [3.63, 3.8) is 0 Å². The number of rotatable bonds is 4. The van der Waals surface area contributed by atoms with Gasteiger partial charge in [0.05, 0.1) is 18.8 Å². The molecular formula is C17H13NO3. The fourth-order valence-electron chi connectivity index (χ4n) is 1.95. The lowest BCUT2D eigenvalue weighted by Crippen LogP contribution is -2.00. The Morgan fingerprint density at radius 2 is 1.95 bits per heavy atom. The molecule has 0 aromatic heterocycles. The van der Waals surface area contributed by atoms with E-state index in [-0.39, 0.29) is 11.3 Å². The smallest absolute Gasteiger partial charge is 0.339 e. The van der Waals surface area contributed by atoms with E-state index < -0.39 is 5.97 Å². The summed E-state index contributed by atoms with van der Waals surface area (Å²) in [6.45, 7) is 0. The van der Waals surface area contributed by atoms with Crippen molar-refractivity contribution in [2.24, 2.45) is 0 Å². The number of allylic oxidation sites excluding steroid dienone is 1. The average Bonchev–Trinajstić information content (AvgIpc) is 2.53. The number of hydrogen-bond donors (Lipinski definition) is 1. The number of hydrogen-bond acceptors (Lipinski definition) is 3. The van der Waals surface area contributed by atoms with Gasteiger partial charge in [0, 0.05) is 0 Å².